The van der Waals surface area contributed by atoms with Crippen LogP contribution in [0.1, 0.15) is 43.0 Å². The van der Waals surface area contributed by atoms with Gasteiger partial charge in [-0.2, -0.15) is 5.10 Å². The zero-order valence-corrected chi connectivity index (χ0v) is 17.0. The molecule has 2 aliphatic heterocycles. The summed E-state index contributed by atoms with van der Waals surface area (Å²) >= 11 is 0. The van der Waals surface area contributed by atoms with Crippen molar-refractivity contribution in [2.45, 2.75) is 57.3 Å². The summed E-state index contributed by atoms with van der Waals surface area (Å²) < 4.78 is 1.88. The molecule has 2 aromatic heterocycles. The molecule has 2 atom stereocenters. The highest BCUT2D eigenvalue weighted by Crippen LogP contribution is 2.34. The largest absolute Gasteiger partial charge is 0.349 e. The molecule has 3 aromatic rings. The monoisotopic (exact) mass is 389 g/mol. The van der Waals surface area contributed by atoms with E-state index in [0.29, 0.717) is 17.6 Å². The van der Waals surface area contributed by atoms with Gasteiger partial charge in [-0.25, -0.2) is 4.98 Å². The van der Waals surface area contributed by atoms with Gasteiger partial charge in [-0.1, -0.05) is 18.2 Å². The van der Waals surface area contributed by atoms with E-state index in [-0.39, 0.29) is 11.9 Å². The van der Waals surface area contributed by atoms with Crippen LogP contribution in [0.4, 0.5) is 0 Å². The van der Waals surface area contributed by atoms with Crippen LogP contribution >= 0.6 is 0 Å². The molecule has 2 unspecified atom stereocenters. The molecule has 0 aliphatic carbocycles. The lowest BCUT2D eigenvalue weighted by Gasteiger charge is -2.36. The van der Waals surface area contributed by atoms with Crippen LogP contribution in [0.3, 0.4) is 0 Å². The second-order valence-corrected chi connectivity index (χ2v) is 8.35. The summed E-state index contributed by atoms with van der Waals surface area (Å²) in [6.07, 6.45) is 8.37. The predicted octanol–water partition coefficient (Wildman–Crippen LogP) is 3.47. The van der Waals surface area contributed by atoms with E-state index >= 15 is 0 Å². The van der Waals surface area contributed by atoms with E-state index in [2.05, 4.69) is 29.3 Å². The van der Waals surface area contributed by atoms with Crippen molar-refractivity contribution in [3.05, 3.63) is 48.3 Å². The number of pyridine rings is 1. The van der Waals surface area contributed by atoms with Crippen LogP contribution in [-0.2, 0) is 6.54 Å². The number of benzene rings is 1. The van der Waals surface area contributed by atoms with Gasteiger partial charge in [0.1, 0.15) is 0 Å². The minimum atomic E-state index is 0.00156. The van der Waals surface area contributed by atoms with Crippen LogP contribution in [0.15, 0.2) is 42.7 Å². The molecule has 5 rings (SSSR count). The number of piperidine rings is 1. The Morgan fingerprint density at radius 3 is 2.69 bits per heavy atom. The van der Waals surface area contributed by atoms with E-state index in [9.17, 15) is 4.79 Å². The highest BCUT2D eigenvalue weighted by molar-refractivity contribution is 6.07. The topological polar surface area (TPSA) is 63.1 Å². The Morgan fingerprint density at radius 2 is 1.97 bits per heavy atom. The van der Waals surface area contributed by atoms with Gasteiger partial charge in [-0.3, -0.25) is 9.48 Å². The molecule has 6 heteroatoms. The summed E-state index contributed by atoms with van der Waals surface area (Å²) in [4.78, 5) is 20.6. The van der Waals surface area contributed by atoms with Gasteiger partial charge >= 0.3 is 0 Å². The number of hydrogen-bond donors (Lipinski definition) is 1. The first-order chi connectivity index (χ1) is 14.1. The van der Waals surface area contributed by atoms with E-state index in [1.165, 1.54) is 12.8 Å². The second kappa shape index (κ2) is 7.26. The molecule has 1 amide bonds. The maximum atomic E-state index is 13.3. The van der Waals surface area contributed by atoms with Crippen LogP contribution in [0, 0.1) is 0 Å². The van der Waals surface area contributed by atoms with Crippen molar-refractivity contribution in [2.24, 2.45) is 0 Å². The van der Waals surface area contributed by atoms with Gasteiger partial charge in [0.25, 0.3) is 5.91 Å². The Balaban J connectivity index is 1.47. The summed E-state index contributed by atoms with van der Waals surface area (Å²) in [5, 5.41) is 8.59. The number of aryl methyl sites for hydroxylation is 1. The SMILES string of the molecule is CCn1cc(-c2cc(C(=O)NC3CC4CCC(C3)N4C)c3ccccc3n2)cn1. The lowest BCUT2D eigenvalue weighted by atomic mass is 9.97. The fourth-order valence-corrected chi connectivity index (χ4v) is 4.97. The third-order valence-corrected chi connectivity index (χ3v) is 6.65. The van der Waals surface area contributed by atoms with Crippen molar-refractivity contribution in [3.63, 3.8) is 0 Å². The minimum Gasteiger partial charge on any atom is -0.349 e. The van der Waals surface area contributed by atoms with E-state index < -0.39 is 0 Å². The molecule has 2 saturated heterocycles. The van der Waals surface area contributed by atoms with Crippen molar-refractivity contribution in [2.75, 3.05) is 7.05 Å². The number of para-hydroxylation sites is 1. The number of aromatic nitrogens is 3. The summed E-state index contributed by atoms with van der Waals surface area (Å²) in [6.45, 7) is 2.86. The zero-order valence-electron chi connectivity index (χ0n) is 17.0. The van der Waals surface area contributed by atoms with Gasteiger partial charge < -0.3 is 10.2 Å². The lowest BCUT2D eigenvalue weighted by molar-refractivity contribution is 0.0884. The first-order valence-electron chi connectivity index (χ1n) is 10.6. The first-order valence-corrected chi connectivity index (χ1v) is 10.6. The Kier molecular flexibility index (Phi) is 4.59. The molecule has 150 valence electrons. The Hall–Kier alpha value is -2.73. The minimum absolute atomic E-state index is 0.00156. The normalized spacial score (nSPS) is 24.1. The van der Waals surface area contributed by atoms with E-state index in [1.807, 2.05) is 47.4 Å². The maximum absolute atomic E-state index is 13.3. The summed E-state index contributed by atoms with van der Waals surface area (Å²) in [5.41, 5.74) is 3.25. The number of fused-ring (bicyclic) bond motifs is 3. The van der Waals surface area contributed by atoms with Gasteiger partial charge in [-0.05, 0) is 51.8 Å². The van der Waals surface area contributed by atoms with Crippen LogP contribution in [-0.4, -0.2) is 50.7 Å². The molecule has 0 saturated carbocycles. The maximum Gasteiger partial charge on any atom is 0.252 e. The van der Waals surface area contributed by atoms with Gasteiger partial charge in [0, 0.05) is 41.8 Å². The molecule has 2 aliphatic rings. The molecule has 4 heterocycles. The van der Waals surface area contributed by atoms with E-state index in [0.717, 1.165) is 41.5 Å². The van der Waals surface area contributed by atoms with E-state index in [4.69, 9.17) is 4.98 Å². The van der Waals surface area contributed by atoms with Crippen molar-refractivity contribution >= 4 is 16.8 Å². The third kappa shape index (κ3) is 3.31. The number of rotatable bonds is 4. The standard InChI is InChI=1S/C23H27N5O/c1-3-28-14-15(13-24-28)22-12-20(19-6-4-5-7-21(19)26-22)23(29)25-16-10-17-8-9-18(11-16)27(17)2/h4-7,12-14,16-18H,3,8-11H2,1-2H3,(H,25,29). The average molecular weight is 390 g/mol. The smallest absolute Gasteiger partial charge is 0.252 e. The fraction of sp³-hybridized carbons (Fsp3) is 0.435. The predicted molar refractivity (Wildman–Crippen MR) is 114 cm³/mol. The average Bonchev–Trinajstić information content (AvgIpc) is 3.28. The number of amides is 1. The second-order valence-electron chi connectivity index (χ2n) is 8.35. The Labute approximate surface area is 170 Å². The molecule has 2 bridgehead atoms. The molecule has 0 spiro atoms. The van der Waals surface area contributed by atoms with E-state index in [1.54, 1.807) is 0 Å². The van der Waals surface area contributed by atoms with Gasteiger partial charge in [0.2, 0.25) is 0 Å². The van der Waals surface area contributed by atoms with Gasteiger partial charge in [-0.15, -0.1) is 0 Å². The van der Waals surface area contributed by atoms with Crippen LogP contribution in [0.25, 0.3) is 22.2 Å². The van der Waals surface area contributed by atoms with Crippen LogP contribution < -0.4 is 5.32 Å². The summed E-state index contributed by atoms with van der Waals surface area (Å²) in [7, 11) is 2.22. The summed E-state index contributed by atoms with van der Waals surface area (Å²) in [5.74, 6) is 0.00156. The lowest BCUT2D eigenvalue weighted by Crippen LogP contribution is -2.48. The number of carbonyl (C=O) groups excluding carboxylic acids is 1. The highest BCUT2D eigenvalue weighted by atomic mass is 16.1. The number of nitrogens with one attached hydrogen (secondary N) is 1. The van der Waals surface area contributed by atoms with Crippen molar-refractivity contribution in [1.82, 2.24) is 25.0 Å². The first kappa shape index (κ1) is 18.3. The molecule has 29 heavy (non-hydrogen) atoms. The van der Waals surface area contributed by atoms with Gasteiger partial charge in [0.15, 0.2) is 0 Å². The molecule has 6 nitrogen and oxygen atoms in total. The number of nitrogens with zero attached hydrogens (tertiary/aromatic N) is 4. The van der Waals surface area contributed by atoms with Crippen LogP contribution in [0.2, 0.25) is 0 Å². The Bertz CT molecular complexity index is 1040. The molecule has 1 N–H and O–H groups in total. The van der Waals surface area contributed by atoms with Crippen molar-refractivity contribution < 1.29 is 4.79 Å². The molecule has 2 fully saturated rings. The van der Waals surface area contributed by atoms with Crippen molar-refractivity contribution in [3.8, 4) is 11.3 Å². The zero-order chi connectivity index (χ0) is 20.0. The number of carbonyl (C=O) groups is 1. The molecule has 0 radical (unpaired) electrons. The third-order valence-electron chi connectivity index (χ3n) is 6.65. The van der Waals surface area contributed by atoms with Gasteiger partial charge in [0.05, 0.1) is 23.0 Å². The van der Waals surface area contributed by atoms with Crippen molar-refractivity contribution in [1.29, 1.82) is 0 Å². The molecular weight excluding hydrogens is 362 g/mol. The fourth-order valence-electron chi connectivity index (χ4n) is 4.97. The van der Waals surface area contributed by atoms with Crippen LogP contribution in [0.5, 0.6) is 0 Å². The Morgan fingerprint density at radius 1 is 1.21 bits per heavy atom. The quantitative estimate of drug-likeness (QED) is 0.742. The molecule has 1 aromatic carbocycles. The number of hydrogen-bond acceptors (Lipinski definition) is 4. The molecular formula is C23H27N5O. The highest BCUT2D eigenvalue weighted by Gasteiger charge is 2.38. The summed E-state index contributed by atoms with van der Waals surface area (Å²) in [6, 6.07) is 11.2.